The van der Waals surface area contributed by atoms with Crippen LogP contribution in [0.3, 0.4) is 0 Å². The minimum absolute atomic E-state index is 0.345. The number of fused-ring (bicyclic) bond motifs is 1. The van der Waals surface area contributed by atoms with Gasteiger partial charge < -0.3 is 9.72 Å². The average Bonchev–Trinajstić information content (AvgIpc) is 3.20. The molecule has 0 fully saturated rings. The number of ether oxygens (including phenoxy) is 1. The largest absolute Gasteiger partial charge is 0.426 e. The van der Waals surface area contributed by atoms with Gasteiger partial charge in [-0.15, -0.1) is 0 Å². The first-order valence-electron chi connectivity index (χ1n) is 9.73. The first-order valence-corrected chi connectivity index (χ1v) is 10.1. The lowest BCUT2D eigenvalue weighted by Crippen LogP contribution is -1.86. The third-order valence-corrected chi connectivity index (χ3v) is 5.34. The molecule has 0 spiro atoms. The number of nitrogens with one attached hydrogen (secondary N) is 1. The van der Waals surface area contributed by atoms with Crippen LogP contribution in [0.2, 0.25) is 5.02 Å². The number of hydrogen-bond acceptors (Lipinski definition) is 3. The zero-order chi connectivity index (χ0) is 21.2. The Labute approximate surface area is 184 Å². The molecule has 4 nitrogen and oxygen atoms in total. The molecule has 0 amide bonds. The van der Waals surface area contributed by atoms with Crippen LogP contribution in [0.25, 0.3) is 33.3 Å². The van der Waals surface area contributed by atoms with E-state index in [0.29, 0.717) is 22.3 Å². The second-order valence-electron chi connectivity index (χ2n) is 7.08. The van der Waals surface area contributed by atoms with Gasteiger partial charge in [-0.1, -0.05) is 72.3 Å². The minimum Gasteiger partial charge on any atom is -0.426 e. The lowest BCUT2D eigenvalue weighted by molar-refractivity contribution is 0.449. The predicted octanol–water partition coefficient (Wildman–Crippen LogP) is 7.21. The van der Waals surface area contributed by atoms with Crippen LogP contribution in [0.4, 0.5) is 0 Å². The molecule has 1 aromatic heterocycles. The topological polar surface area (TPSA) is 61.7 Å². The van der Waals surface area contributed by atoms with Gasteiger partial charge in [0, 0.05) is 5.56 Å². The number of nitriles is 1. The number of aromatic amines is 1. The van der Waals surface area contributed by atoms with Crippen LogP contribution in [0.5, 0.6) is 11.8 Å². The molecule has 0 atom stereocenters. The van der Waals surface area contributed by atoms with E-state index in [1.807, 2.05) is 30.3 Å². The predicted molar refractivity (Wildman–Crippen MR) is 123 cm³/mol. The number of aromatic nitrogens is 2. The van der Waals surface area contributed by atoms with Crippen LogP contribution in [0.1, 0.15) is 5.56 Å². The molecule has 0 saturated heterocycles. The van der Waals surface area contributed by atoms with Crippen LogP contribution < -0.4 is 4.74 Å². The molecule has 0 aliphatic heterocycles. The van der Waals surface area contributed by atoms with E-state index >= 15 is 0 Å². The van der Waals surface area contributed by atoms with Gasteiger partial charge in [0.05, 0.1) is 27.7 Å². The Hall–Kier alpha value is -4.07. The third-order valence-electron chi connectivity index (χ3n) is 5.03. The van der Waals surface area contributed by atoms with Gasteiger partial charge in [-0.2, -0.15) is 10.2 Å². The van der Waals surface area contributed by atoms with Crippen molar-refractivity contribution < 1.29 is 4.74 Å². The van der Waals surface area contributed by atoms with E-state index in [0.717, 1.165) is 27.7 Å². The molecule has 4 aromatic carbocycles. The molecule has 1 heterocycles. The summed E-state index contributed by atoms with van der Waals surface area (Å²) in [4.78, 5) is 7.67. The Balaban J connectivity index is 1.46. The molecule has 148 valence electrons. The highest BCUT2D eigenvalue weighted by molar-refractivity contribution is 6.34. The van der Waals surface area contributed by atoms with Crippen molar-refractivity contribution in [2.24, 2.45) is 0 Å². The molecule has 0 saturated carbocycles. The van der Waals surface area contributed by atoms with Gasteiger partial charge in [0.25, 0.3) is 6.01 Å². The zero-order valence-corrected chi connectivity index (χ0v) is 17.1. The van der Waals surface area contributed by atoms with Gasteiger partial charge >= 0.3 is 0 Å². The Kier molecular flexibility index (Phi) is 4.87. The summed E-state index contributed by atoms with van der Waals surface area (Å²) in [5.74, 6) is 0.543. The van der Waals surface area contributed by atoms with E-state index in [9.17, 15) is 0 Å². The molecule has 5 rings (SSSR count). The molecule has 5 aromatic rings. The summed E-state index contributed by atoms with van der Waals surface area (Å²) in [5.41, 5.74) is 6.29. The molecule has 0 unspecified atom stereocenters. The zero-order valence-electron chi connectivity index (χ0n) is 16.3. The number of halogens is 1. The maximum atomic E-state index is 9.05. The summed E-state index contributed by atoms with van der Waals surface area (Å²) in [5, 5.41) is 9.68. The van der Waals surface area contributed by atoms with Crippen molar-refractivity contribution in [3.8, 4) is 40.1 Å². The highest BCUT2D eigenvalue weighted by Gasteiger charge is 2.11. The van der Waals surface area contributed by atoms with E-state index in [2.05, 4.69) is 52.4 Å². The van der Waals surface area contributed by atoms with Crippen molar-refractivity contribution in [1.29, 1.82) is 5.26 Å². The van der Waals surface area contributed by atoms with Crippen molar-refractivity contribution in [3.63, 3.8) is 0 Å². The van der Waals surface area contributed by atoms with Crippen LogP contribution in [-0.4, -0.2) is 9.97 Å². The summed E-state index contributed by atoms with van der Waals surface area (Å²) in [7, 11) is 0. The maximum absolute atomic E-state index is 9.05. The summed E-state index contributed by atoms with van der Waals surface area (Å²) < 4.78 is 5.80. The van der Waals surface area contributed by atoms with Crippen LogP contribution in [-0.2, 0) is 0 Å². The third kappa shape index (κ3) is 3.87. The van der Waals surface area contributed by atoms with Crippen LogP contribution in [0, 0.1) is 11.3 Å². The second kappa shape index (κ2) is 7.98. The van der Waals surface area contributed by atoms with E-state index < -0.39 is 0 Å². The fourth-order valence-corrected chi connectivity index (χ4v) is 3.76. The molecule has 31 heavy (non-hydrogen) atoms. The number of hydrogen-bond donors (Lipinski definition) is 1. The minimum atomic E-state index is 0.345. The number of imidazole rings is 1. The Morgan fingerprint density at radius 3 is 2.32 bits per heavy atom. The lowest BCUT2D eigenvalue weighted by atomic mass is 10.00. The van der Waals surface area contributed by atoms with Crippen LogP contribution in [0.15, 0.2) is 91.0 Å². The fourth-order valence-electron chi connectivity index (χ4n) is 3.49. The van der Waals surface area contributed by atoms with Gasteiger partial charge in [0.15, 0.2) is 0 Å². The van der Waals surface area contributed by atoms with E-state index in [1.165, 1.54) is 5.56 Å². The smallest absolute Gasteiger partial charge is 0.300 e. The SMILES string of the molecule is N#Cc1cccc(Oc2nc3cc(-c4ccc(-c5ccccc5)cc4)c(Cl)cc3[nH]2)c1. The second-order valence-corrected chi connectivity index (χ2v) is 7.48. The maximum Gasteiger partial charge on any atom is 0.300 e. The van der Waals surface area contributed by atoms with Crippen molar-refractivity contribution in [3.05, 3.63) is 102 Å². The standard InChI is InChI=1S/C26H16ClN3O/c27-23-15-25-24(29-26(30-25)31-21-8-4-5-17(13-21)16-28)14-22(23)20-11-9-19(10-12-20)18-6-2-1-3-7-18/h1-15H,(H,29,30). The summed E-state index contributed by atoms with van der Waals surface area (Å²) in [6, 6.07) is 31.7. The van der Waals surface area contributed by atoms with Gasteiger partial charge in [-0.3, -0.25) is 0 Å². The Morgan fingerprint density at radius 2 is 1.55 bits per heavy atom. The van der Waals surface area contributed by atoms with Crippen molar-refractivity contribution in [2.45, 2.75) is 0 Å². The normalized spacial score (nSPS) is 10.7. The van der Waals surface area contributed by atoms with Crippen molar-refractivity contribution in [1.82, 2.24) is 9.97 Å². The van der Waals surface area contributed by atoms with Gasteiger partial charge in [-0.25, -0.2) is 0 Å². The molecule has 0 aliphatic carbocycles. The monoisotopic (exact) mass is 421 g/mol. The highest BCUT2D eigenvalue weighted by atomic mass is 35.5. The van der Waals surface area contributed by atoms with E-state index in [1.54, 1.807) is 24.3 Å². The molecular formula is C26H16ClN3O. The average molecular weight is 422 g/mol. The van der Waals surface area contributed by atoms with Crippen LogP contribution >= 0.6 is 11.6 Å². The Morgan fingerprint density at radius 1 is 0.806 bits per heavy atom. The summed E-state index contributed by atoms with van der Waals surface area (Å²) >= 11 is 6.58. The molecule has 0 aliphatic rings. The summed E-state index contributed by atoms with van der Waals surface area (Å²) in [6.45, 7) is 0. The molecular weight excluding hydrogens is 406 g/mol. The first kappa shape index (κ1) is 18.9. The van der Waals surface area contributed by atoms with Gasteiger partial charge in [-0.05, 0) is 47.0 Å². The molecule has 5 heteroatoms. The molecule has 0 radical (unpaired) electrons. The summed E-state index contributed by atoms with van der Waals surface area (Å²) in [6.07, 6.45) is 0. The first-order chi connectivity index (χ1) is 15.2. The number of benzene rings is 4. The number of rotatable bonds is 4. The lowest BCUT2D eigenvalue weighted by Gasteiger charge is -2.07. The van der Waals surface area contributed by atoms with Crippen molar-refractivity contribution >= 4 is 22.6 Å². The van der Waals surface area contributed by atoms with E-state index in [4.69, 9.17) is 21.6 Å². The number of nitrogens with zero attached hydrogens (tertiary/aromatic N) is 2. The highest BCUT2D eigenvalue weighted by Crippen LogP contribution is 2.34. The van der Waals surface area contributed by atoms with Crippen molar-refractivity contribution in [2.75, 3.05) is 0 Å². The molecule has 1 N–H and O–H groups in total. The van der Waals surface area contributed by atoms with E-state index in [-0.39, 0.29) is 0 Å². The fraction of sp³-hybridized carbons (Fsp3) is 0. The Bertz CT molecular complexity index is 1420. The van der Waals surface area contributed by atoms with Gasteiger partial charge in [0.1, 0.15) is 5.75 Å². The quantitative estimate of drug-likeness (QED) is 0.333. The number of H-pyrrole nitrogens is 1. The molecule has 0 bridgehead atoms. The van der Waals surface area contributed by atoms with Gasteiger partial charge in [0.2, 0.25) is 0 Å².